The van der Waals surface area contributed by atoms with E-state index in [1.165, 1.54) is 6.92 Å². The number of carbonyl (C=O) groups is 3. The fraction of sp³-hybridized carbons (Fsp3) is 0.105. The number of benzene rings is 5. The van der Waals surface area contributed by atoms with E-state index in [4.69, 9.17) is 16.4 Å². The van der Waals surface area contributed by atoms with Gasteiger partial charge in [-0.2, -0.15) is 0 Å². The highest BCUT2D eigenvalue weighted by Crippen LogP contribution is 2.34. The summed E-state index contributed by atoms with van der Waals surface area (Å²) in [5, 5.41) is 6.25. The van der Waals surface area contributed by atoms with Crippen molar-refractivity contribution in [2.75, 3.05) is 5.75 Å². The molecule has 0 aliphatic heterocycles. The maximum atomic E-state index is 13.9. The molecule has 8 heteroatoms. The molecule has 0 N–H and O–H groups in total. The number of thioether (sulfide) groups is 1. The standard InChI is InChI=1S/C38H29ClN2O4S/c1-24-8-6-7-11-31(24)37(43)26-12-18-35-32(22-26)33-23-27(13-19-36(33)41(35)29-9-4-3-5-10-29)38(44)34(40-45-25(2)42)20-21-46-30-16-14-28(39)15-17-30/h3-19,22-23H,20-21H2,1-2H3. The zero-order valence-electron chi connectivity index (χ0n) is 25.2. The molecule has 0 radical (unpaired) electrons. The van der Waals surface area contributed by atoms with Crippen LogP contribution in [0.3, 0.4) is 0 Å². The van der Waals surface area contributed by atoms with Crippen LogP contribution in [-0.4, -0.2) is 33.6 Å². The highest BCUT2D eigenvalue weighted by Gasteiger charge is 2.21. The average molecular weight is 645 g/mol. The minimum atomic E-state index is -0.608. The lowest BCUT2D eigenvalue weighted by molar-refractivity contribution is -0.140. The summed E-state index contributed by atoms with van der Waals surface area (Å²) in [6.07, 6.45) is 0.276. The minimum Gasteiger partial charge on any atom is -0.318 e. The molecule has 0 unspecified atom stereocenters. The molecule has 1 heterocycles. The number of ketones is 2. The summed E-state index contributed by atoms with van der Waals surface area (Å²) in [5.74, 6) is -0.481. The molecule has 0 aliphatic rings. The second-order valence-corrected chi connectivity index (χ2v) is 12.4. The number of fused-ring (bicyclic) bond motifs is 3. The van der Waals surface area contributed by atoms with Crippen molar-refractivity contribution in [1.82, 2.24) is 4.57 Å². The Morgan fingerprint density at radius 2 is 1.41 bits per heavy atom. The average Bonchev–Trinajstić information content (AvgIpc) is 3.40. The lowest BCUT2D eigenvalue weighted by Gasteiger charge is -2.09. The molecule has 5 aromatic carbocycles. The predicted octanol–water partition coefficient (Wildman–Crippen LogP) is 9.26. The third-order valence-corrected chi connectivity index (χ3v) is 8.93. The molecule has 0 fully saturated rings. The quantitative estimate of drug-likeness (QED) is 0.0488. The van der Waals surface area contributed by atoms with Gasteiger partial charge in [-0.3, -0.25) is 9.59 Å². The Morgan fingerprint density at radius 3 is 2.09 bits per heavy atom. The zero-order chi connectivity index (χ0) is 32.2. The van der Waals surface area contributed by atoms with E-state index in [0.29, 0.717) is 27.5 Å². The molecule has 0 bridgehead atoms. The van der Waals surface area contributed by atoms with Gasteiger partial charge in [0.25, 0.3) is 0 Å². The molecule has 228 valence electrons. The van der Waals surface area contributed by atoms with E-state index < -0.39 is 5.97 Å². The van der Waals surface area contributed by atoms with E-state index in [2.05, 4.69) is 9.72 Å². The molecule has 6 aromatic rings. The fourth-order valence-corrected chi connectivity index (χ4v) is 6.41. The summed E-state index contributed by atoms with van der Waals surface area (Å²) in [5.41, 5.74) is 5.39. The van der Waals surface area contributed by atoms with Crippen LogP contribution in [0.1, 0.15) is 45.2 Å². The van der Waals surface area contributed by atoms with E-state index >= 15 is 0 Å². The van der Waals surface area contributed by atoms with Crippen molar-refractivity contribution in [1.29, 1.82) is 0 Å². The van der Waals surface area contributed by atoms with Crippen LogP contribution >= 0.6 is 23.4 Å². The lowest BCUT2D eigenvalue weighted by atomic mass is 9.97. The van der Waals surface area contributed by atoms with Gasteiger partial charge in [0.15, 0.2) is 5.78 Å². The van der Waals surface area contributed by atoms with Crippen LogP contribution in [0.4, 0.5) is 0 Å². The smallest absolute Gasteiger partial charge is 0.318 e. The van der Waals surface area contributed by atoms with E-state index in [1.54, 1.807) is 17.8 Å². The van der Waals surface area contributed by atoms with Crippen molar-refractivity contribution >= 4 is 68.4 Å². The third kappa shape index (κ3) is 6.52. The maximum absolute atomic E-state index is 13.9. The van der Waals surface area contributed by atoms with Crippen LogP contribution in [0.5, 0.6) is 0 Å². The van der Waals surface area contributed by atoms with Gasteiger partial charge < -0.3 is 9.40 Å². The molecular weight excluding hydrogens is 616 g/mol. The minimum absolute atomic E-state index is 0.0677. The number of carbonyl (C=O) groups excluding carboxylic acids is 3. The summed E-state index contributed by atoms with van der Waals surface area (Å²) < 4.78 is 2.12. The summed E-state index contributed by atoms with van der Waals surface area (Å²) in [7, 11) is 0. The number of Topliss-reactive ketones (excluding diaryl/α,β-unsaturated/α-hetero) is 1. The number of aromatic nitrogens is 1. The number of nitrogens with zero attached hydrogens (tertiary/aromatic N) is 2. The van der Waals surface area contributed by atoms with Crippen LogP contribution in [-0.2, 0) is 9.63 Å². The number of hydrogen-bond acceptors (Lipinski definition) is 6. The molecule has 0 saturated carbocycles. The number of para-hydroxylation sites is 1. The second-order valence-electron chi connectivity index (χ2n) is 10.8. The predicted molar refractivity (Wildman–Crippen MR) is 186 cm³/mol. The molecule has 0 aliphatic carbocycles. The van der Waals surface area contributed by atoms with Gasteiger partial charge >= 0.3 is 5.97 Å². The first-order chi connectivity index (χ1) is 22.3. The van der Waals surface area contributed by atoms with Gasteiger partial charge in [0, 0.05) is 62.2 Å². The summed E-state index contributed by atoms with van der Waals surface area (Å²) in [4.78, 5) is 45.0. The van der Waals surface area contributed by atoms with Gasteiger partial charge in [-0.05, 0) is 85.3 Å². The van der Waals surface area contributed by atoms with Gasteiger partial charge in [0.2, 0.25) is 5.78 Å². The first kappa shape index (κ1) is 31.0. The van der Waals surface area contributed by atoms with E-state index in [9.17, 15) is 14.4 Å². The monoisotopic (exact) mass is 644 g/mol. The SMILES string of the molecule is CC(=O)ON=C(CCSc1ccc(Cl)cc1)C(=O)c1ccc2c(c1)c1cc(C(=O)c3ccccc3C)ccc1n2-c1ccccc1. The Morgan fingerprint density at radius 1 is 0.783 bits per heavy atom. The Kier molecular flexibility index (Phi) is 9.15. The van der Waals surface area contributed by atoms with Gasteiger partial charge in [0.05, 0.1) is 11.0 Å². The Labute approximate surface area is 275 Å². The first-order valence-corrected chi connectivity index (χ1v) is 16.1. The van der Waals surface area contributed by atoms with Crippen LogP contribution < -0.4 is 0 Å². The van der Waals surface area contributed by atoms with Crippen LogP contribution in [0, 0.1) is 6.92 Å². The first-order valence-electron chi connectivity index (χ1n) is 14.7. The van der Waals surface area contributed by atoms with Crippen LogP contribution in [0.25, 0.3) is 27.5 Å². The van der Waals surface area contributed by atoms with Gasteiger partial charge in [-0.1, -0.05) is 59.2 Å². The Balaban J connectivity index is 1.42. The van der Waals surface area contributed by atoms with Crippen LogP contribution in [0.15, 0.2) is 125 Å². The summed E-state index contributed by atoms with van der Waals surface area (Å²) in [6.45, 7) is 3.17. The Hall–Kier alpha value is -4.98. The highest BCUT2D eigenvalue weighted by atomic mass is 35.5. The Bertz CT molecular complexity index is 2140. The fourth-order valence-electron chi connectivity index (χ4n) is 5.43. The van der Waals surface area contributed by atoms with Crippen molar-refractivity contribution in [2.24, 2.45) is 5.16 Å². The van der Waals surface area contributed by atoms with Crippen molar-refractivity contribution in [3.63, 3.8) is 0 Å². The molecular formula is C38H29ClN2O4S. The molecule has 6 rings (SSSR count). The molecule has 0 amide bonds. The van der Waals surface area contributed by atoms with Crippen molar-refractivity contribution in [3.8, 4) is 5.69 Å². The van der Waals surface area contributed by atoms with Crippen molar-refractivity contribution < 1.29 is 19.2 Å². The molecule has 0 atom stereocenters. The number of hydrogen-bond donors (Lipinski definition) is 0. The maximum Gasteiger partial charge on any atom is 0.331 e. The number of aryl methyl sites for hydroxylation is 1. The second kappa shape index (κ2) is 13.6. The number of halogens is 1. The van der Waals surface area contributed by atoms with E-state index in [0.717, 1.165) is 38.0 Å². The topological polar surface area (TPSA) is 77.7 Å². The van der Waals surface area contributed by atoms with Gasteiger partial charge in [-0.15, -0.1) is 11.8 Å². The van der Waals surface area contributed by atoms with E-state index in [1.807, 2.05) is 116 Å². The molecule has 0 spiro atoms. The number of oxime groups is 1. The van der Waals surface area contributed by atoms with Crippen molar-refractivity contribution in [2.45, 2.75) is 25.2 Å². The molecule has 1 aromatic heterocycles. The normalized spacial score (nSPS) is 11.6. The number of rotatable bonds is 10. The highest BCUT2D eigenvalue weighted by molar-refractivity contribution is 7.99. The third-order valence-electron chi connectivity index (χ3n) is 7.66. The lowest BCUT2D eigenvalue weighted by Crippen LogP contribution is -2.16. The van der Waals surface area contributed by atoms with E-state index in [-0.39, 0.29) is 23.7 Å². The molecule has 0 saturated heterocycles. The van der Waals surface area contributed by atoms with Crippen LogP contribution in [0.2, 0.25) is 5.02 Å². The summed E-state index contributed by atoms with van der Waals surface area (Å²) >= 11 is 7.55. The van der Waals surface area contributed by atoms with Crippen molar-refractivity contribution in [3.05, 3.63) is 143 Å². The molecule has 6 nitrogen and oxygen atoms in total. The summed E-state index contributed by atoms with van der Waals surface area (Å²) in [6, 6.07) is 36.1. The zero-order valence-corrected chi connectivity index (χ0v) is 26.8. The van der Waals surface area contributed by atoms with Gasteiger partial charge in [-0.25, -0.2) is 4.79 Å². The van der Waals surface area contributed by atoms with Gasteiger partial charge in [0.1, 0.15) is 5.71 Å². The largest absolute Gasteiger partial charge is 0.331 e. The molecule has 46 heavy (non-hydrogen) atoms.